The van der Waals surface area contributed by atoms with Gasteiger partial charge in [-0.05, 0) is 77.2 Å². The Bertz CT molecular complexity index is 1110. The minimum absolute atomic E-state index is 0.0974. The van der Waals surface area contributed by atoms with Gasteiger partial charge in [0.05, 0.1) is 24.8 Å². The van der Waals surface area contributed by atoms with Crippen LogP contribution in [0.4, 0.5) is 4.79 Å². The average Bonchev–Trinajstić information content (AvgIpc) is 3.25. The first-order valence-corrected chi connectivity index (χ1v) is 12.3. The van der Waals surface area contributed by atoms with Gasteiger partial charge < -0.3 is 23.8 Å². The first-order chi connectivity index (χ1) is 16.6. The van der Waals surface area contributed by atoms with E-state index < -0.39 is 5.60 Å². The van der Waals surface area contributed by atoms with Crippen molar-refractivity contribution in [3.05, 3.63) is 47.6 Å². The number of hydrogen-bond acceptors (Lipinski definition) is 5. The summed E-state index contributed by atoms with van der Waals surface area (Å²) in [5.74, 6) is 0.826. The minimum atomic E-state index is -0.505. The molecule has 188 valence electrons. The maximum Gasteiger partial charge on any atom is 0.410 e. The Morgan fingerprint density at radius 3 is 2.54 bits per heavy atom. The summed E-state index contributed by atoms with van der Waals surface area (Å²) in [7, 11) is 1.65. The Kier molecular flexibility index (Phi) is 7.19. The summed E-state index contributed by atoms with van der Waals surface area (Å²) < 4.78 is 13.1. The van der Waals surface area contributed by atoms with Crippen LogP contribution in [0.2, 0.25) is 0 Å². The fourth-order valence-corrected chi connectivity index (χ4v) is 4.75. The number of rotatable bonds is 4. The van der Waals surface area contributed by atoms with Crippen LogP contribution in [0, 0.1) is 6.92 Å². The SMILES string of the molecule is COc1cc(C=C2CCCN(C3CCN(C(=O)OC(C)(C)C)CC3)C2=O)ccc1-n1cnc(C)c1. The molecule has 2 aromatic rings. The Labute approximate surface area is 207 Å². The first kappa shape index (κ1) is 24.8. The third-order valence-electron chi connectivity index (χ3n) is 6.47. The standard InChI is InChI=1S/C27H36N4O4/c1-19-17-30(18-28-19)23-9-8-20(16-24(23)34-5)15-21-7-6-12-31(25(21)32)22-10-13-29(14-11-22)26(33)35-27(2,3)4/h8-9,15-18,22H,6-7,10-14H2,1-5H3. The number of likely N-dealkylation sites (tertiary alicyclic amines) is 2. The van der Waals surface area contributed by atoms with Crippen molar-refractivity contribution >= 4 is 18.1 Å². The van der Waals surface area contributed by atoms with Gasteiger partial charge in [0.1, 0.15) is 11.4 Å². The lowest BCUT2D eigenvalue weighted by atomic mass is 9.95. The van der Waals surface area contributed by atoms with Gasteiger partial charge >= 0.3 is 6.09 Å². The van der Waals surface area contributed by atoms with E-state index in [9.17, 15) is 9.59 Å². The number of imidazole rings is 1. The van der Waals surface area contributed by atoms with E-state index in [1.54, 1.807) is 18.3 Å². The number of carbonyl (C=O) groups is 2. The summed E-state index contributed by atoms with van der Waals surface area (Å²) in [4.78, 5) is 33.8. The van der Waals surface area contributed by atoms with Crippen LogP contribution in [0.3, 0.4) is 0 Å². The normalized spacial score (nSPS) is 18.8. The molecule has 2 aliphatic rings. The van der Waals surface area contributed by atoms with E-state index in [0.717, 1.165) is 60.5 Å². The van der Waals surface area contributed by atoms with Gasteiger partial charge in [-0.25, -0.2) is 9.78 Å². The van der Waals surface area contributed by atoms with Crippen molar-refractivity contribution < 1.29 is 19.1 Å². The third-order valence-corrected chi connectivity index (χ3v) is 6.47. The van der Waals surface area contributed by atoms with Gasteiger partial charge in [0.25, 0.3) is 0 Å². The molecule has 1 aromatic carbocycles. The number of carbonyl (C=O) groups excluding carboxylic acids is 2. The molecule has 35 heavy (non-hydrogen) atoms. The summed E-state index contributed by atoms with van der Waals surface area (Å²) in [6, 6.07) is 6.10. The highest BCUT2D eigenvalue weighted by Gasteiger charge is 2.34. The third kappa shape index (κ3) is 5.86. The molecule has 0 atom stereocenters. The molecule has 0 aliphatic carbocycles. The molecule has 3 heterocycles. The summed E-state index contributed by atoms with van der Waals surface area (Å²) in [5.41, 5.74) is 3.09. The number of nitrogens with zero attached hydrogens (tertiary/aromatic N) is 4. The largest absolute Gasteiger partial charge is 0.495 e. The fourth-order valence-electron chi connectivity index (χ4n) is 4.75. The molecule has 1 aromatic heterocycles. The quantitative estimate of drug-likeness (QED) is 0.598. The maximum absolute atomic E-state index is 13.4. The molecule has 0 bridgehead atoms. The molecule has 8 nitrogen and oxygen atoms in total. The second kappa shape index (κ2) is 10.1. The monoisotopic (exact) mass is 480 g/mol. The topological polar surface area (TPSA) is 76.9 Å². The van der Waals surface area contributed by atoms with Crippen molar-refractivity contribution in [3.8, 4) is 11.4 Å². The summed E-state index contributed by atoms with van der Waals surface area (Å²) in [5, 5.41) is 0. The van der Waals surface area contributed by atoms with E-state index >= 15 is 0 Å². The number of aromatic nitrogens is 2. The molecule has 0 unspecified atom stereocenters. The lowest BCUT2D eigenvalue weighted by Gasteiger charge is -2.40. The number of amides is 2. The zero-order valence-electron chi connectivity index (χ0n) is 21.4. The second-order valence-electron chi connectivity index (χ2n) is 10.3. The average molecular weight is 481 g/mol. The first-order valence-electron chi connectivity index (χ1n) is 12.3. The van der Waals surface area contributed by atoms with Gasteiger partial charge in [-0.3, -0.25) is 4.79 Å². The lowest BCUT2D eigenvalue weighted by Crippen LogP contribution is -2.51. The highest BCUT2D eigenvalue weighted by atomic mass is 16.6. The summed E-state index contributed by atoms with van der Waals surface area (Å²) in [6.45, 7) is 9.54. The lowest BCUT2D eigenvalue weighted by molar-refractivity contribution is -0.131. The van der Waals surface area contributed by atoms with E-state index in [4.69, 9.17) is 9.47 Å². The molecule has 0 radical (unpaired) electrons. The number of ether oxygens (including phenoxy) is 2. The van der Waals surface area contributed by atoms with Crippen LogP contribution in [0.5, 0.6) is 5.75 Å². The smallest absolute Gasteiger partial charge is 0.410 e. The Balaban J connectivity index is 1.44. The van der Waals surface area contributed by atoms with Crippen LogP contribution in [0.15, 0.2) is 36.3 Å². The molecular formula is C27H36N4O4. The van der Waals surface area contributed by atoms with Crippen LogP contribution < -0.4 is 4.74 Å². The van der Waals surface area contributed by atoms with Gasteiger partial charge in [0.15, 0.2) is 0 Å². The maximum atomic E-state index is 13.4. The molecule has 0 saturated carbocycles. The van der Waals surface area contributed by atoms with Gasteiger partial charge in [0, 0.05) is 37.4 Å². The van der Waals surface area contributed by atoms with Gasteiger partial charge in [-0.2, -0.15) is 0 Å². The van der Waals surface area contributed by atoms with E-state index in [1.807, 2.05) is 67.6 Å². The number of aryl methyl sites for hydroxylation is 1. The zero-order valence-corrected chi connectivity index (χ0v) is 21.4. The minimum Gasteiger partial charge on any atom is -0.495 e. The molecule has 2 aliphatic heterocycles. The molecule has 0 N–H and O–H groups in total. The molecule has 8 heteroatoms. The van der Waals surface area contributed by atoms with Gasteiger partial charge in [0.2, 0.25) is 5.91 Å². The molecule has 0 spiro atoms. The summed E-state index contributed by atoms with van der Waals surface area (Å²) >= 11 is 0. The Morgan fingerprint density at radius 2 is 1.91 bits per heavy atom. The fraction of sp³-hybridized carbons (Fsp3) is 0.519. The number of hydrogen-bond donors (Lipinski definition) is 0. The second-order valence-corrected chi connectivity index (χ2v) is 10.3. The van der Waals surface area contributed by atoms with Crippen molar-refractivity contribution in [1.29, 1.82) is 0 Å². The Morgan fingerprint density at radius 1 is 1.17 bits per heavy atom. The van der Waals surface area contributed by atoms with E-state index in [1.165, 1.54) is 0 Å². The van der Waals surface area contributed by atoms with Crippen molar-refractivity contribution in [2.75, 3.05) is 26.7 Å². The predicted octanol–water partition coefficient (Wildman–Crippen LogP) is 4.59. The highest BCUT2D eigenvalue weighted by molar-refractivity contribution is 5.98. The van der Waals surface area contributed by atoms with E-state index in [2.05, 4.69) is 4.98 Å². The molecule has 2 saturated heterocycles. The van der Waals surface area contributed by atoms with Gasteiger partial charge in [-0.1, -0.05) is 6.07 Å². The van der Waals surface area contributed by atoms with Crippen molar-refractivity contribution in [2.45, 2.75) is 65.0 Å². The molecule has 2 fully saturated rings. The zero-order chi connectivity index (χ0) is 25.2. The van der Waals surface area contributed by atoms with Crippen LogP contribution in [-0.4, -0.2) is 69.7 Å². The van der Waals surface area contributed by atoms with Crippen molar-refractivity contribution in [2.24, 2.45) is 0 Å². The molecular weight excluding hydrogens is 444 g/mol. The predicted molar refractivity (Wildman–Crippen MR) is 135 cm³/mol. The number of piperidine rings is 2. The van der Waals surface area contributed by atoms with E-state index in [-0.39, 0.29) is 18.0 Å². The van der Waals surface area contributed by atoms with Crippen LogP contribution >= 0.6 is 0 Å². The van der Waals surface area contributed by atoms with Crippen LogP contribution in [0.25, 0.3) is 11.8 Å². The van der Waals surface area contributed by atoms with Crippen LogP contribution in [0.1, 0.15) is 57.7 Å². The highest BCUT2D eigenvalue weighted by Crippen LogP contribution is 2.29. The Hall–Kier alpha value is -3.29. The van der Waals surface area contributed by atoms with Gasteiger partial charge in [-0.15, -0.1) is 0 Å². The number of methoxy groups -OCH3 is 1. The van der Waals surface area contributed by atoms with E-state index in [0.29, 0.717) is 13.1 Å². The van der Waals surface area contributed by atoms with Crippen molar-refractivity contribution in [3.63, 3.8) is 0 Å². The summed E-state index contributed by atoms with van der Waals surface area (Å²) in [6.07, 6.45) is 8.66. The van der Waals surface area contributed by atoms with Crippen molar-refractivity contribution in [1.82, 2.24) is 19.4 Å². The molecule has 2 amide bonds. The number of benzene rings is 1. The molecule has 4 rings (SSSR count). The van der Waals surface area contributed by atoms with Crippen LogP contribution in [-0.2, 0) is 9.53 Å².